The summed E-state index contributed by atoms with van der Waals surface area (Å²) in [4.78, 5) is 21.9. The first-order valence-electron chi connectivity index (χ1n) is 11.7. The van der Waals surface area contributed by atoms with Crippen molar-refractivity contribution >= 4 is 22.7 Å². The lowest BCUT2D eigenvalue weighted by Crippen LogP contribution is -2.24. The second kappa shape index (κ2) is 7.83. The summed E-state index contributed by atoms with van der Waals surface area (Å²) in [6.07, 6.45) is 8.52. The molecule has 6 nitrogen and oxygen atoms in total. The molecule has 2 aliphatic rings. The molecular formula is C26H26FN5O. The predicted molar refractivity (Wildman–Crippen MR) is 127 cm³/mol. The Labute approximate surface area is 191 Å². The van der Waals surface area contributed by atoms with Crippen molar-refractivity contribution in [2.75, 3.05) is 5.32 Å². The molecule has 2 fully saturated rings. The summed E-state index contributed by atoms with van der Waals surface area (Å²) in [5.41, 5.74) is 4.04. The summed E-state index contributed by atoms with van der Waals surface area (Å²) in [5.74, 6) is 1.39. The molecule has 168 valence electrons. The van der Waals surface area contributed by atoms with E-state index in [1.165, 1.54) is 24.5 Å². The van der Waals surface area contributed by atoms with Crippen LogP contribution in [0.4, 0.5) is 16.0 Å². The van der Waals surface area contributed by atoms with Crippen molar-refractivity contribution in [2.24, 2.45) is 7.05 Å². The molecule has 4 aromatic rings. The molecular weight excluding hydrogens is 417 g/mol. The minimum atomic E-state index is -0.360. The molecule has 2 aliphatic carbocycles. The maximum atomic E-state index is 14.6. The molecule has 3 aromatic heterocycles. The van der Waals surface area contributed by atoms with Crippen molar-refractivity contribution in [1.29, 1.82) is 0 Å². The Kier molecular flexibility index (Phi) is 4.78. The third-order valence-corrected chi connectivity index (χ3v) is 7.00. The molecule has 0 unspecified atom stereocenters. The van der Waals surface area contributed by atoms with Crippen molar-refractivity contribution in [2.45, 2.75) is 50.5 Å². The molecule has 1 aromatic carbocycles. The van der Waals surface area contributed by atoms with Gasteiger partial charge in [-0.05, 0) is 49.3 Å². The van der Waals surface area contributed by atoms with Crippen LogP contribution in [0, 0.1) is 5.82 Å². The number of benzene rings is 1. The fourth-order valence-corrected chi connectivity index (χ4v) is 5.02. The van der Waals surface area contributed by atoms with Crippen LogP contribution in [-0.4, -0.2) is 19.1 Å². The number of rotatable bonds is 5. The van der Waals surface area contributed by atoms with Crippen molar-refractivity contribution in [3.8, 4) is 11.3 Å². The normalized spacial score (nSPS) is 16.5. The highest BCUT2D eigenvalue weighted by Gasteiger charge is 2.24. The Bertz CT molecular complexity index is 1390. The topological polar surface area (TPSA) is 64.7 Å². The molecule has 0 aliphatic heterocycles. The number of hydrogen-bond donors (Lipinski definition) is 1. The van der Waals surface area contributed by atoms with Crippen molar-refractivity contribution in [1.82, 2.24) is 19.1 Å². The Morgan fingerprint density at radius 2 is 1.73 bits per heavy atom. The highest BCUT2D eigenvalue weighted by Crippen LogP contribution is 2.40. The molecule has 0 amide bonds. The van der Waals surface area contributed by atoms with E-state index in [2.05, 4.69) is 27.4 Å². The van der Waals surface area contributed by atoms with Crippen molar-refractivity contribution in [3.05, 3.63) is 70.5 Å². The number of imidazole rings is 1. The van der Waals surface area contributed by atoms with Gasteiger partial charge in [0.05, 0.1) is 17.2 Å². The first-order chi connectivity index (χ1) is 16.1. The summed E-state index contributed by atoms with van der Waals surface area (Å²) in [6.45, 7) is 0. The molecule has 0 atom stereocenters. The molecule has 7 heteroatoms. The predicted octanol–water partition coefficient (Wildman–Crippen LogP) is 5.67. The molecule has 0 radical (unpaired) electrons. The molecule has 1 N–H and O–H groups in total. The van der Waals surface area contributed by atoms with E-state index in [1.807, 2.05) is 22.8 Å². The summed E-state index contributed by atoms with van der Waals surface area (Å²) in [6, 6.07) is 13.2. The number of nitrogens with one attached hydrogen (secondary N) is 1. The minimum Gasteiger partial charge on any atom is -0.325 e. The van der Waals surface area contributed by atoms with Gasteiger partial charge in [-0.25, -0.2) is 19.2 Å². The summed E-state index contributed by atoms with van der Waals surface area (Å²) in [7, 11) is 1.78. The number of pyridine rings is 2. The first kappa shape index (κ1) is 20.1. The Morgan fingerprint density at radius 3 is 2.45 bits per heavy atom. The quantitative estimate of drug-likeness (QED) is 0.431. The van der Waals surface area contributed by atoms with Crippen molar-refractivity contribution < 1.29 is 4.39 Å². The maximum absolute atomic E-state index is 14.6. The first-order valence-corrected chi connectivity index (χ1v) is 11.7. The van der Waals surface area contributed by atoms with Crippen LogP contribution in [0.1, 0.15) is 56.0 Å². The summed E-state index contributed by atoms with van der Waals surface area (Å²) in [5, 5.41) is 3.21. The van der Waals surface area contributed by atoms with Crippen molar-refractivity contribution in [3.63, 3.8) is 0 Å². The summed E-state index contributed by atoms with van der Waals surface area (Å²) >= 11 is 0. The van der Waals surface area contributed by atoms with Crippen LogP contribution in [0.25, 0.3) is 22.3 Å². The number of nitrogens with zero attached hydrogens (tertiary/aromatic N) is 4. The van der Waals surface area contributed by atoms with E-state index in [0.29, 0.717) is 23.2 Å². The third kappa shape index (κ3) is 3.61. The number of fused-ring (bicyclic) bond motifs is 1. The molecule has 2 saturated carbocycles. The number of anilines is 2. The SMILES string of the molecule is Cn1c(=O)n(C2CCCC2)c2cc(Nc3ccc(F)c(-c4ccc(C5CC5)cc4)n3)ncc21. The van der Waals surface area contributed by atoms with E-state index in [0.717, 1.165) is 42.3 Å². The monoisotopic (exact) mass is 443 g/mol. The van der Waals surface area contributed by atoms with E-state index in [-0.39, 0.29) is 17.5 Å². The average molecular weight is 444 g/mol. The van der Waals surface area contributed by atoms with Gasteiger partial charge < -0.3 is 5.32 Å². The zero-order valence-electron chi connectivity index (χ0n) is 18.6. The van der Waals surface area contributed by atoms with E-state index < -0.39 is 0 Å². The minimum absolute atomic E-state index is 0.00677. The van der Waals surface area contributed by atoms with Gasteiger partial charge in [0.1, 0.15) is 23.1 Å². The van der Waals surface area contributed by atoms with Gasteiger partial charge in [0, 0.05) is 24.7 Å². The Balaban J connectivity index is 1.33. The number of hydrogen-bond acceptors (Lipinski definition) is 4. The van der Waals surface area contributed by atoms with Gasteiger partial charge in [0.25, 0.3) is 0 Å². The number of halogens is 1. The van der Waals surface area contributed by atoms with Crippen LogP contribution in [0.15, 0.2) is 53.5 Å². The maximum Gasteiger partial charge on any atom is 0.329 e. The van der Waals surface area contributed by atoms with Gasteiger partial charge in [-0.3, -0.25) is 9.13 Å². The zero-order chi connectivity index (χ0) is 22.5. The lowest BCUT2D eigenvalue weighted by atomic mass is 10.1. The lowest BCUT2D eigenvalue weighted by Gasteiger charge is -2.12. The van der Waals surface area contributed by atoms with Gasteiger partial charge in [-0.1, -0.05) is 37.1 Å². The van der Waals surface area contributed by atoms with Crippen LogP contribution >= 0.6 is 0 Å². The van der Waals surface area contributed by atoms with E-state index >= 15 is 0 Å². The molecule has 0 spiro atoms. The smallest absolute Gasteiger partial charge is 0.325 e. The van der Waals surface area contributed by atoms with E-state index in [4.69, 9.17) is 0 Å². The van der Waals surface area contributed by atoms with E-state index in [1.54, 1.807) is 23.9 Å². The highest BCUT2D eigenvalue weighted by atomic mass is 19.1. The van der Waals surface area contributed by atoms with Gasteiger partial charge in [0.2, 0.25) is 0 Å². The van der Waals surface area contributed by atoms with Gasteiger partial charge in [-0.15, -0.1) is 0 Å². The average Bonchev–Trinajstić information content (AvgIpc) is 3.49. The van der Waals surface area contributed by atoms with Crippen LogP contribution in [0.3, 0.4) is 0 Å². The summed E-state index contributed by atoms with van der Waals surface area (Å²) < 4.78 is 18.2. The molecule has 6 rings (SSSR count). The second-order valence-electron chi connectivity index (χ2n) is 9.26. The lowest BCUT2D eigenvalue weighted by molar-refractivity contribution is 0.509. The molecule has 3 heterocycles. The second-order valence-corrected chi connectivity index (χ2v) is 9.26. The third-order valence-electron chi connectivity index (χ3n) is 7.00. The van der Waals surface area contributed by atoms with Crippen LogP contribution in [0.2, 0.25) is 0 Å². The van der Waals surface area contributed by atoms with Crippen LogP contribution in [0.5, 0.6) is 0 Å². The Morgan fingerprint density at radius 1 is 0.970 bits per heavy atom. The van der Waals surface area contributed by atoms with Crippen LogP contribution < -0.4 is 11.0 Å². The van der Waals surface area contributed by atoms with Gasteiger partial charge >= 0.3 is 5.69 Å². The zero-order valence-corrected chi connectivity index (χ0v) is 18.6. The highest BCUT2D eigenvalue weighted by molar-refractivity contribution is 5.79. The van der Waals surface area contributed by atoms with Gasteiger partial charge in [0.15, 0.2) is 0 Å². The molecule has 33 heavy (non-hydrogen) atoms. The number of aryl methyl sites for hydroxylation is 1. The van der Waals surface area contributed by atoms with E-state index in [9.17, 15) is 9.18 Å². The fourth-order valence-electron chi connectivity index (χ4n) is 5.02. The Hall–Kier alpha value is -3.48. The number of aromatic nitrogens is 4. The molecule has 0 bridgehead atoms. The standard InChI is InChI=1S/C26H26FN5O/c1-31-22-15-28-24(14-21(22)32(26(31)33)19-4-2-3-5-19)29-23-13-12-20(27)25(30-23)18-10-8-17(9-11-18)16-6-7-16/h8-16,19H,2-7H2,1H3,(H,28,29,30). The van der Waals surface area contributed by atoms with Crippen LogP contribution in [-0.2, 0) is 7.05 Å². The molecule has 0 saturated heterocycles. The largest absolute Gasteiger partial charge is 0.329 e. The van der Waals surface area contributed by atoms with Gasteiger partial charge in [-0.2, -0.15) is 0 Å². The fraction of sp³-hybridized carbons (Fsp3) is 0.346.